The van der Waals surface area contributed by atoms with Gasteiger partial charge >= 0.3 is 5.97 Å². The number of aromatic nitrogens is 1. The minimum Gasteiger partial charge on any atom is -0.480 e. The van der Waals surface area contributed by atoms with Crippen LogP contribution < -0.4 is 5.32 Å². The fourth-order valence-corrected chi connectivity index (χ4v) is 3.22. The Morgan fingerprint density at radius 3 is 2.75 bits per heavy atom. The molecule has 1 aromatic heterocycles. The van der Waals surface area contributed by atoms with Crippen LogP contribution in [-0.4, -0.2) is 40.7 Å². The summed E-state index contributed by atoms with van der Waals surface area (Å²) in [5.74, 6) is -1.19. The molecule has 1 amide bonds. The van der Waals surface area contributed by atoms with Crippen LogP contribution in [0.1, 0.15) is 31.2 Å². The third-order valence-electron chi connectivity index (χ3n) is 4.66. The SMILES string of the molecule is O=C(CCCc1c[nH]c2ccccc12)NC1(C(=O)O)CCOCC1. The van der Waals surface area contributed by atoms with Gasteiger partial charge in [0, 0.05) is 49.6 Å². The highest BCUT2D eigenvalue weighted by molar-refractivity contribution is 5.87. The second-order valence-corrected chi connectivity index (χ2v) is 6.26. The number of carboxylic acid groups (broad SMARTS) is 1. The Balaban J connectivity index is 1.54. The van der Waals surface area contributed by atoms with Gasteiger partial charge in [-0.15, -0.1) is 0 Å². The van der Waals surface area contributed by atoms with E-state index < -0.39 is 11.5 Å². The van der Waals surface area contributed by atoms with Gasteiger partial charge in [-0.25, -0.2) is 4.79 Å². The zero-order valence-electron chi connectivity index (χ0n) is 13.5. The summed E-state index contributed by atoms with van der Waals surface area (Å²) >= 11 is 0. The smallest absolute Gasteiger partial charge is 0.329 e. The Kier molecular flexibility index (Phi) is 4.85. The lowest BCUT2D eigenvalue weighted by Crippen LogP contribution is -2.57. The maximum Gasteiger partial charge on any atom is 0.329 e. The molecule has 3 rings (SSSR count). The molecule has 1 aromatic carbocycles. The molecule has 0 spiro atoms. The van der Waals surface area contributed by atoms with Crippen molar-refractivity contribution >= 4 is 22.8 Å². The molecule has 128 valence electrons. The third kappa shape index (κ3) is 3.43. The molecule has 0 bridgehead atoms. The molecule has 6 nitrogen and oxygen atoms in total. The summed E-state index contributed by atoms with van der Waals surface area (Å²) < 4.78 is 5.21. The van der Waals surface area contributed by atoms with E-state index in [0.717, 1.165) is 11.9 Å². The van der Waals surface area contributed by atoms with Gasteiger partial charge in [0.15, 0.2) is 0 Å². The van der Waals surface area contributed by atoms with Crippen molar-refractivity contribution in [2.75, 3.05) is 13.2 Å². The predicted molar refractivity (Wildman–Crippen MR) is 89.8 cm³/mol. The Labute approximate surface area is 140 Å². The first-order valence-corrected chi connectivity index (χ1v) is 8.28. The molecule has 24 heavy (non-hydrogen) atoms. The van der Waals surface area contributed by atoms with Crippen LogP contribution in [-0.2, 0) is 20.7 Å². The van der Waals surface area contributed by atoms with Gasteiger partial charge in [-0.2, -0.15) is 0 Å². The molecule has 0 atom stereocenters. The van der Waals surface area contributed by atoms with Crippen molar-refractivity contribution in [3.63, 3.8) is 0 Å². The van der Waals surface area contributed by atoms with Gasteiger partial charge in [0.2, 0.25) is 5.91 Å². The molecule has 0 unspecified atom stereocenters. The standard InChI is InChI=1S/C18H22N2O4/c21-16(20-18(17(22)23)8-10-24-11-9-18)7-3-4-13-12-19-15-6-2-1-5-14(13)15/h1-2,5-6,12,19H,3-4,7-11H2,(H,20,21)(H,22,23). The predicted octanol–water partition coefficient (Wildman–Crippen LogP) is 2.24. The number of para-hydroxylation sites is 1. The van der Waals surface area contributed by atoms with E-state index in [1.165, 1.54) is 10.9 Å². The fourth-order valence-electron chi connectivity index (χ4n) is 3.22. The number of ether oxygens (including phenoxy) is 1. The number of amides is 1. The molecular weight excluding hydrogens is 308 g/mol. The molecule has 1 aliphatic rings. The number of hydrogen-bond donors (Lipinski definition) is 3. The van der Waals surface area contributed by atoms with Crippen molar-refractivity contribution in [2.45, 2.75) is 37.6 Å². The average molecular weight is 330 g/mol. The van der Waals surface area contributed by atoms with Gasteiger partial charge in [0.1, 0.15) is 5.54 Å². The molecule has 2 aromatic rings. The second-order valence-electron chi connectivity index (χ2n) is 6.26. The van der Waals surface area contributed by atoms with Crippen LogP contribution in [0.5, 0.6) is 0 Å². The monoisotopic (exact) mass is 330 g/mol. The number of rotatable bonds is 6. The summed E-state index contributed by atoms with van der Waals surface area (Å²) in [7, 11) is 0. The number of hydrogen-bond acceptors (Lipinski definition) is 3. The number of aliphatic carboxylic acids is 1. The van der Waals surface area contributed by atoms with E-state index in [-0.39, 0.29) is 5.91 Å². The van der Waals surface area contributed by atoms with Gasteiger partial charge in [-0.05, 0) is 24.5 Å². The van der Waals surface area contributed by atoms with Crippen molar-refractivity contribution < 1.29 is 19.4 Å². The van der Waals surface area contributed by atoms with E-state index in [1.807, 2.05) is 24.4 Å². The summed E-state index contributed by atoms with van der Waals surface area (Å²) in [6.45, 7) is 0.726. The van der Waals surface area contributed by atoms with E-state index in [1.54, 1.807) is 0 Å². The molecule has 6 heteroatoms. The Bertz CT molecular complexity index is 731. The Morgan fingerprint density at radius 2 is 2.00 bits per heavy atom. The number of aryl methyl sites for hydroxylation is 1. The molecule has 2 heterocycles. The van der Waals surface area contributed by atoms with Crippen molar-refractivity contribution in [2.24, 2.45) is 0 Å². The number of carboxylic acids is 1. The van der Waals surface area contributed by atoms with Crippen LogP contribution in [0.3, 0.4) is 0 Å². The van der Waals surface area contributed by atoms with Gasteiger partial charge in [0.25, 0.3) is 0 Å². The van der Waals surface area contributed by atoms with Gasteiger partial charge in [-0.1, -0.05) is 18.2 Å². The Hall–Kier alpha value is -2.34. The summed E-state index contributed by atoms with van der Waals surface area (Å²) in [6, 6.07) is 8.05. The number of nitrogens with one attached hydrogen (secondary N) is 2. The molecule has 3 N–H and O–H groups in total. The minimum atomic E-state index is -1.17. The molecular formula is C18H22N2O4. The van der Waals surface area contributed by atoms with Gasteiger partial charge in [-0.3, -0.25) is 4.79 Å². The number of carbonyl (C=O) groups excluding carboxylic acids is 1. The second kappa shape index (κ2) is 7.05. The topological polar surface area (TPSA) is 91.4 Å². The van der Waals surface area contributed by atoms with Gasteiger partial charge in [0.05, 0.1) is 0 Å². The summed E-state index contributed by atoms with van der Waals surface area (Å²) in [4.78, 5) is 27.0. The van der Waals surface area contributed by atoms with Gasteiger partial charge < -0.3 is 20.1 Å². The Morgan fingerprint density at radius 1 is 1.25 bits per heavy atom. The maximum atomic E-state index is 12.2. The number of benzene rings is 1. The van der Waals surface area contributed by atoms with Crippen molar-refractivity contribution in [1.82, 2.24) is 10.3 Å². The zero-order valence-corrected chi connectivity index (χ0v) is 13.5. The zero-order chi connectivity index (χ0) is 17.0. The van der Waals surface area contributed by atoms with Crippen LogP contribution in [0.25, 0.3) is 10.9 Å². The quantitative estimate of drug-likeness (QED) is 0.757. The van der Waals surface area contributed by atoms with Crippen LogP contribution in [0.15, 0.2) is 30.5 Å². The lowest BCUT2D eigenvalue weighted by Gasteiger charge is -2.33. The highest BCUT2D eigenvalue weighted by Gasteiger charge is 2.41. The van der Waals surface area contributed by atoms with E-state index in [0.29, 0.717) is 38.9 Å². The number of carbonyl (C=O) groups is 2. The molecule has 1 saturated heterocycles. The minimum absolute atomic E-state index is 0.209. The maximum absolute atomic E-state index is 12.2. The molecule has 1 fully saturated rings. The third-order valence-corrected chi connectivity index (χ3v) is 4.66. The lowest BCUT2D eigenvalue weighted by atomic mass is 9.90. The van der Waals surface area contributed by atoms with Crippen molar-refractivity contribution in [3.05, 3.63) is 36.0 Å². The first-order chi connectivity index (χ1) is 11.6. The van der Waals surface area contributed by atoms with E-state index in [9.17, 15) is 14.7 Å². The van der Waals surface area contributed by atoms with Crippen LogP contribution in [0.4, 0.5) is 0 Å². The van der Waals surface area contributed by atoms with Crippen molar-refractivity contribution in [1.29, 1.82) is 0 Å². The highest BCUT2D eigenvalue weighted by atomic mass is 16.5. The van der Waals surface area contributed by atoms with Crippen LogP contribution in [0, 0.1) is 0 Å². The molecule has 1 aliphatic heterocycles. The normalized spacial score (nSPS) is 16.8. The van der Waals surface area contributed by atoms with E-state index >= 15 is 0 Å². The first-order valence-electron chi connectivity index (χ1n) is 8.28. The molecule has 0 radical (unpaired) electrons. The highest BCUT2D eigenvalue weighted by Crippen LogP contribution is 2.22. The number of aromatic amines is 1. The summed E-state index contributed by atoms with van der Waals surface area (Å²) in [5.41, 5.74) is 1.09. The molecule has 0 aliphatic carbocycles. The van der Waals surface area contributed by atoms with Crippen molar-refractivity contribution in [3.8, 4) is 0 Å². The summed E-state index contributed by atoms with van der Waals surface area (Å²) in [5, 5.41) is 13.4. The summed E-state index contributed by atoms with van der Waals surface area (Å²) in [6.07, 6.45) is 4.38. The number of fused-ring (bicyclic) bond motifs is 1. The largest absolute Gasteiger partial charge is 0.480 e. The van der Waals surface area contributed by atoms with Crippen LogP contribution in [0.2, 0.25) is 0 Å². The van der Waals surface area contributed by atoms with E-state index in [2.05, 4.69) is 16.4 Å². The fraction of sp³-hybridized carbons (Fsp3) is 0.444. The first kappa shape index (κ1) is 16.5. The average Bonchev–Trinajstić information content (AvgIpc) is 2.99. The van der Waals surface area contributed by atoms with Crippen LogP contribution >= 0.6 is 0 Å². The lowest BCUT2D eigenvalue weighted by molar-refractivity contribution is -0.152. The van der Waals surface area contributed by atoms with E-state index in [4.69, 9.17) is 4.74 Å². The number of H-pyrrole nitrogens is 1. The molecule has 0 saturated carbocycles.